The smallest absolute Gasteiger partial charge is 0.417 e. The standard InChI is InChI=1S/C31H40N2O5Si/c1-20(2)24-19-36-29(34)33(24)28-26(21-14-10-8-11-15-21)23-18-25(38-39(6,7)31(3,4)5)27(32(23)30(35)37-28)22-16-12-9-13-17-22/h8-17,20,23-25,27H,18-19H2,1-7H3/t23?,24-,25-,27+/m0/s1. The van der Waals surface area contributed by atoms with Crippen LogP contribution in [-0.2, 0) is 13.9 Å². The average Bonchev–Trinajstić information content (AvgIpc) is 3.45. The minimum absolute atomic E-state index is 0.00486. The highest BCUT2D eigenvalue weighted by Gasteiger charge is 2.55. The molecule has 2 fully saturated rings. The van der Waals surface area contributed by atoms with Gasteiger partial charge in [0.25, 0.3) is 0 Å². The molecule has 208 valence electrons. The van der Waals surface area contributed by atoms with E-state index in [2.05, 4.69) is 46.0 Å². The van der Waals surface area contributed by atoms with Crippen LogP contribution >= 0.6 is 0 Å². The topological polar surface area (TPSA) is 68.3 Å². The van der Waals surface area contributed by atoms with Crippen LogP contribution in [0.25, 0.3) is 5.57 Å². The Morgan fingerprint density at radius 2 is 1.56 bits per heavy atom. The van der Waals surface area contributed by atoms with Crippen LogP contribution in [0.5, 0.6) is 0 Å². The predicted octanol–water partition coefficient (Wildman–Crippen LogP) is 7.19. The van der Waals surface area contributed by atoms with Crippen molar-refractivity contribution in [3.63, 3.8) is 0 Å². The minimum Gasteiger partial charge on any atom is -0.447 e. The third-order valence-electron chi connectivity index (χ3n) is 8.77. The van der Waals surface area contributed by atoms with Gasteiger partial charge in [-0.2, -0.15) is 0 Å². The lowest BCUT2D eigenvalue weighted by Crippen LogP contribution is -2.48. The number of amides is 2. The van der Waals surface area contributed by atoms with Gasteiger partial charge in [0.05, 0.1) is 24.2 Å². The lowest BCUT2D eigenvalue weighted by atomic mass is 9.94. The summed E-state index contributed by atoms with van der Waals surface area (Å²) in [6, 6.07) is 19.1. The quantitative estimate of drug-likeness (QED) is 0.358. The molecule has 0 radical (unpaired) electrons. The van der Waals surface area contributed by atoms with Crippen molar-refractivity contribution in [1.29, 1.82) is 0 Å². The molecule has 2 saturated heterocycles. The molecule has 0 aromatic heterocycles. The predicted molar refractivity (Wildman–Crippen MR) is 153 cm³/mol. The van der Waals surface area contributed by atoms with Crippen molar-refractivity contribution in [2.75, 3.05) is 6.61 Å². The van der Waals surface area contributed by atoms with Crippen LogP contribution in [0, 0.1) is 5.92 Å². The van der Waals surface area contributed by atoms with Gasteiger partial charge in [-0.3, -0.25) is 4.90 Å². The number of fused-ring (bicyclic) bond motifs is 1. The number of benzene rings is 2. The molecule has 3 aliphatic rings. The lowest BCUT2D eigenvalue weighted by molar-refractivity contribution is 0.0611. The second-order valence-corrected chi connectivity index (χ2v) is 17.4. The largest absolute Gasteiger partial charge is 0.447 e. The highest BCUT2D eigenvalue weighted by Crippen LogP contribution is 2.50. The molecule has 2 amide bonds. The number of hydrogen-bond acceptors (Lipinski definition) is 5. The number of carbonyl (C=O) groups excluding carboxylic acids is 2. The van der Waals surface area contributed by atoms with Crippen LogP contribution in [0.2, 0.25) is 18.1 Å². The Morgan fingerprint density at radius 3 is 2.15 bits per heavy atom. The molecule has 5 rings (SSSR count). The van der Waals surface area contributed by atoms with Crippen LogP contribution in [0.1, 0.15) is 58.2 Å². The first-order valence-corrected chi connectivity index (χ1v) is 16.8. The van der Waals surface area contributed by atoms with Gasteiger partial charge in [-0.25, -0.2) is 14.5 Å². The van der Waals surface area contributed by atoms with E-state index in [0.29, 0.717) is 6.42 Å². The van der Waals surface area contributed by atoms with Gasteiger partial charge in [-0.05, 0) is 41.6 Å². The highest BCUT2D eigenvalue weighted by molar-refractivity contribution is 6.74. The molecule has 2 aromatic rings. The van der Waals surface area contributed by atoms with Gasteiger partial charge in [-0.15, -0.1) is 0 Å². The Morgan fingerprint density at radius 1 is 0.949 bits per heavy atom. The zero-order valence-corrected chi connectivity index (χ0v) is 25.0. The molecule has 7 nitrogen and oxygen atoms in total. The molecule has 4 atom stereocenters. The van der Waals surface area contributed by atoms with Gasteiger partial charge in [0.15, 0.2) is 8.32 Å². The first-order chi connectivity index (χ1) is 18.4. The highest BCUT2D eigenvalue weighted by atomic mass is 28.4. The van der Waals surface area contributed by atoms with Crippen molar-refractivity contribution in [3.8, 4) is 0 Å². The van der Waals surface area contributed by atoms with E-state index in [-0.39, 0.29) is 47.7 Å². The van der Waals surface area contributed by atoms with Crippen molar-refractivity contribution in [2.24, 2.45) is 5.92 Å². The van der Waals surface area contributed by atoms with Crippen LogP contribution in [0.3, 0.4) is 0 Å². The number of nitrogens with zero attached hydrogens (tertiary/aromatic N) is 2. The number of ether oxygens (including phenoxy) is 2. The zero-order valence-electron chi connectivity index (χ0n) is 24.0. The van der Waals surface area contributed by atoms with Gasteiger partial charge in [0, 0.05) is 5.57 Å². The molecule has 0 aliphatic carbocycles. The van der Waals surface area contributed by atoms with Crippen molar-refractivity contribution >= 4 is 26.1 Å². The molecule has 1 unspecified atom stereocenters. The van der Waals surface area contributed by atoms with Crippen molar-refractivity contribution in [1.82, 2.24) is 9.80 Å². The SMILES string of the molecule is CC(C)[C@@H]1COC(=O)N1C1=C(c2ccccc2)C2C[C@H](O[Si](C)(C)C(C)(C)C)[C@@H](c3ccccc3)N2C(=O)O1. The molecule has 0 N–H and O–H groups in total. The summed E-state index contributed by atoms with van der Waals surface area (Å²) in [5, 5.41) is 0.00486. The van der Waals surface area contributed by atoms with E-state index in [1.165, 1.54) is 0 Å². The molecule has 0 saturated carbocycles. The fourth-order valence-corrected chi connectivity index (χ4v) is 6.97. The van der Waals surface area contributed by atoms with Crippen molar-refractivity contribution in [2.45, 2.75) is 83.4 Å². The first kappa shape index (κ1) is 27.5. The molecule has 39 heavy (non-hydrogen) atoms. The van der Waals surface area contributed by atoms with Crippen LogP contribution in [0.4, 0.5) is 9.59 Å². The first-order valence-electron chi connectivity index (χ1n) is 13.9. The number of cyclic esters (lactones) is 2. The van der Waals surface area contributed by atoms with Crippen LogP contribution in [0.15, 0.2) is 66.5 Å². The normalized spacial score (nSPS) is 25.7. The molecule has 3 heterocycles. The molecular formula is C31H40N2O5Si. The Kier molecular flexibility index (Phi) is 7.14. The second kappa shape index (κ2) is 10.1. The van der Waals surface area contributed by atoms with Crippen LogP contribution in [-0.4, -0.2) is 55.1 Å². The van der Waals surface area contributed by atoms with Gasteiger partial charge in [0.2, 0.25) is 5.88 Å². The molecule has 0 spiro atoms. The average molecular weight is 549 g/mol. The number of hydrogen-bond donors (Lipinski definition) is 0. The van der Waals surface area contributed by atoms with Crippen molar-refractivity contribution < 1.29 is 23.5 Å². The maximum Gasteiger partial charge on any atom is 0.417 e. The number of rotatable bonds is 6. The van der Waals surface area contributed by atoms with E-state index in [1.807, 2.05) is 67.3 Å². The Bertz CT molecular complexity index is 1250. The van der Waals surface area contributed by atoms with E-state index in [9.17, 15) is 9.59 Å². The lowest BCUT2D eigenvalue weighted by Gasteiger charge is -2.41. The van der Waals surface area contributed by atoms with Gasteiger partial charge in [-0.1, -0.05) is 95.3 Å². The summed E-state index contributed by atoms with van der Waals surface area (Å²) in [4.78, 5) is 30.4. The van der Waals surface area contributed by atoms with E-state index in [4.69, 9.17) is 13.9 Å². The second-order valence-electron chi connectivity index (χ2n) is 12.6. The summed E-state index contributed by atoms with van der Waals surface area (Å²) >= 11 is 0. The summed E-state index contributed by atoms with van der Waals surface area (Å²) in [6.07, 6.45) is -0.572. The van der Waals surface area contributed by atoms with E-state index in [1.54, 1.807) is 4.90 Å². The monoisotopic (exact) mass is 548 g/mol. The summed E-state index contributed by atoms with van der Waals surface area (Å²) in [6.45, 7) is 15.5. The zero-order chi connectivity index (χ0) is 28.1. The third kappa shape index (κ3) is 4.89. The molecule has 2 aromatic carbocycles. The number of carbonyl (C=O) groups is 2. The molecule has 3 aliphatic heterocycles. The van der Waals surface area contributed by atoms with Crippen molar-refractivity contribution in [3.05, 3.63) is 77.7 Å². The van der Waals surface area contributed by atoms with E-state index < -0.39 is 20.5 Å². The maximum absolute atomic E-state index is 13.9. The van der Waals surface area contributed by atoms with E-state index in [0.717, 1.165) is 16.7 Å². The summed E-state index contributed by atoms with van der Waals surface area (Å²) in [5.74, 6) is 0.404. The molecule has 0 bridgehead atoms. The van der Waals surface area contributed by atoms with Gasteiger partial charge in [0.1, 0.15) is 6.61 Å². The molecular weight excluding hydrogens is 508 g/mol. The Labute approximate surface area is 232 Å². The Balaban J connectivity index is 1.67. The fourth-order valence-electron chi connectivity index (χ4n) is 5.63. The summed E-state index contributed by atoms with van der Waals surface area (Å²) < 4.78 is 18.7. The van der Waals surface area contributed by atoms with Crippen LogP contribution < -0.4 is 0 Å². The summed E-state index contributed by atoms with van der Waals surface area (Å²) in [7, 11) is -2.19. The summed E-state index contributed by atoms with van der Waals surface area (Å²) in [5.41, 5.74) is 2.75. The van der Waals surface area contributed by atoms with Gasteiger partial charge >= 0.3 is 12.2 Å². The Hall–Kier alpha value is -3.10. The van der Waals surface area contributed by atoms with E-state index >= 15 is 0 Å². The van der Waals surface area contributed by atoms with Gasteiger partial charge < -0.3 is 13.9 Å². The fraction of sp³-hybridized carbons (Fsp3) is 0.484. The minimum atomic E-state index is -2.19. The third-order valence-corrected chi connectivity index (χ3v) is 13.3. The maximum atomic E-state index is 13.9. The molecule has 8 heteroatoms.